The van der Waals surface area contributed by atoms with Crippen LogP contribution in [0.5, 0.6) is 0 Å². The van der Waals surface area contributed by atoms with E-state index in [4.69, 9.17) is 4.74 Å². The maximum atomic E-state index is 12.7. The number of hydrogen-bond acceptors (Lipinski definition) is 4. The van der Waals surface area contributed by atoms with Gasteiger partial charge in [0.15, 0.2) is 5.78 Å². The smallest absolute Gasteiger partial charge is 0.331 e. The molecule has 2 rings (SSSR count). The second kappa shape index (κ2) is 6.56. The Hall–Kier alpha value is -2.11. The first kappa shape index (κ1) is 17.2. The first-order valence-electron chi connectivity index (χ1n) is 7.93. The van der Waals surface area contributed by atoms with Gasteiger partial charge in [-0.3, -0.25) is 9.59 Å². The van der Waals surface area contributed by atoms with Crippen molar-refractivity contribution in [2.45, 2.75) is 58.4 Å². The monoisotopic (exact) mass is 320 g/mol. The highest BCUT2D eigenvalue weighted by Crippen LogP contribution is 2.30. The van der Waals surface area contributed by atoms with E-state index in [1.165, 1.54) is 14.0 Å². The van der Waals surface area contributed by atoms with Crippen molar-refractivity contribution >= 4 is 17.7 Å². The number of aromatic nitrogens is 1. The Morgan fingerprint density at radius 2 is 1.74 bits per heavy atom. The van der Waals surface area contributed by atoms with Crippen LogP contribution in [0.25, 0.3) is 0 Å². The van der Waals surface area contributed by atoms with E-state index in [1.54, 1.807) is 13.8 Å². The molecule has 23 heavy (non-hydrogen) atoms. The summed E-state index contributed by atoms with van der Waals surface area (Å²) in [5.74, 6) is -0.862. The van der Waals surface area contributed by atoms with Gasteiger partial charge in [-0.2, -0.15) is 0 Å². The van der Waals surface area contributed by atoms with Crippen LogP contribution >= 0.6 is 0 Å². The normalized spacial score (nSPS) is 16.7. The van der Waals surface area contributed by atoms with E-state index >= 15 is 0 Å². The molecule has 0 atom stereocenters. The Balaban J connectivity index is 2.31. The minimum absolute atomic E-state index is 0.0874. The summed E-state index contributed by atoms with van der Waals surface area (Å²) < 4.78 is 4.91. The molecule has 0 bridgehead atoms. The highest BCUT2D eigenvalue weighted by atomic mass is 16.5. The van der Waals surface area contributed by atoms with Crippen molar-refractivity contribution in [3.05, 3.63) is 22.5 Å². The summed E-state index contributed by atoms with van der Waals surface area (Å²) in [4.78, 5) is 39.6. The highest BCUT2D eigenvalue weighted by molar-refractivity contribution is 6.03. The van der Waals surface area contributed by atoms with Crippen molar-refractivity contribution < 1.29 is 19.1 Å². The predicted octanol–water partition coefficient (Wildman–Crippen LogP) is 2.44. The average Bonchev–Trinajstić information content (AvgIpc) is 2.82. The van der Waals surface area contributed by atoms with Crippen LogP contribution in [0.1, 0.15) is 71.1 Å². The summed E-state index contributed by atoms with van der Waals surface area (Å²) in [5.41, 5.74) is 1.18. The molecule has 1 aromatic rings. The van der Waals surface area contributed by atoms with Crippen molar-refractivity contribution in [2.75, 3.05) is 7.11 Å². The summed E-state index contributed by atoms with van der Waals surface area (Å²) >= 11 is 0. The molecule has 126 valence electrons. The van der Waals surface area contributed by atoms with Crippen LogP contribution in [0.3, 0.4) is 0 Å². The maximum absolute atomic E-state index is 12.7. The number of ketones is 1. The molecule has 6 heteroatoms. The first-order chi connectivity index (χ1) is 10.8. The third-order valence-electron chi connectivity index (χ3n) is 4.65. The zero-order valence-corrected chi connectivity index (χ0v) is 14.2. The Kier molecular flexibility index (Phi) is 4.92. The van der Waals surface area contributed by atoms with E-state index in [-0.39, 0.29) is 11.7 Å². The van der Waals surface area contributed by atoms with Crippen LogP contribution in [0.2, 0.25) is 0 Å². The van der Waals surface area contributed by atoms with Gasteiger partial charge in [0.25, 0.3) is 5.91 Å². The lowest BCUT2D eigenvalue weighted by atomic mass is 9.81. The molecular formula is C17H24N2O4. The molecule has 0 saturated heterocycles. The molecule has 1 aliphatic rings. The van der Waals surface area contributed by atoms with Crippen LogP contribution in [-0.2, 0) is 9.53 Å². The van der Waals surface area contributed by atoms with Gasteiger partial charge in [-0.25, -0.2) is 4.79 Å². The zero-order valence-electron chi connectivity index (χ0n) is 14.2. The van der Waals surface area contributed by atoms with E-state index in [0.717, 1.165) is 19.3 Å². The number of hydrogen-bond donors (Lipinski definition) is 2. The Bertz CT molecular complexity index is 639. The van der Waals surface area contributed by atoms with E-state index < -0.39 is 11.5 Å². The fourth-order valence-electron chi connectivity index (χ4n) is 3.52. The third kappa shape index (κ3) is 3.16. The zero-order chi connectivity index (χ0) is 17.2. The maximum Gasteiger partial charge on any atom is 0.331 e. The third-order valence-corrected chi connectivity index (χ3v) is 4.65. The number of rotatable bonds is 4. The molecule has 0 aliphatic heterocycles. The summed E-state index contributed by atoms with van der Waals surface area (Å²) in [6, 6.07) is 0. The van der Waals surface area contributed by atoms with Crippen LogP contribution in [-0.4, -0.2) is 35.3 Å². The summed E-state index contributed by atoms with van der Waals surface area (Å²) in [5, 5.41) is 2.86. The number of ether oxygens (including phenoxy) is 1. The summed E-state index contributed by atoms with van der Waals surface area (Å²) in [6.07, 6.45) is 3.94. The first-order valence-corrected chi connectivity index (χ1v) is 7.93. The van der Waals surface area contributed by atoms with Gasteiger partial charge in [-0.1, -0.05) is 19.3 Å². The van der Waals surface area contributed by atoms with Crippen molar-refractivity contribution in [2.24, 2.45) is 0 Å². The van der Waals surface area contributed by atoms with Gasteiger partial charge in [0, 0.05) is 11.3 Å². The number of aryl methyl sites for hydroxylation is 1. The van der Waals surface area contributed by atoms with Gasteiger partial charge in [0.05, 0.1) is 7.11 Å². The molecule has 0 radical (unpaired) electrons. The lowest BCUT2D eigenvalue weighted by molar-refractivity contribution is -0.149. The largest absolute Gasteiger partial charge is 0.467 e. The standard InChI is InChI=1S/C17H24N2O4/c1-10-13(12(3)20)11(2)18-14(10)15(21)19-17(16(22)23-4)8-6-5-7-9-17/h18H,5-9H2,1-4H3,(H,19,21). The topological polar surface area (TPSA) is 88.3 Å². The number of amides is 1. The van der Waals surface area contributed by atoms with Gasteiger partial charge < -0.3 is 15.0 Å². The van der Waals surface area contributed by atoms with E-state index in [9.17, 15) is 14.4 Å². The van der Waals surface area contributed by atoms with E-state index in [2.05, 4.69) is 10.3 Å². The number of carbonyl (C=O) groups excluding carboxylic acids is 3. The van der Waals surface area contributed by atoms with Gasteiger partial charge in [-0.05, 0) is 39.2 Å². The Labute approximate surface area is 136 Å². The molecule has 2 N–H and O–H groups in total. The van der Waals surface area contributed by atoms with Crippen molar-refractivity contribution in [3.8, 4) is 0 Å². The number of nitrogens with one attached hydrogen (secondary N) is 2. The summed E-state index contributed by atoms with van der Waals surface area (Å²) in [6.45, 7) is 4.97. The number of Topliss-reactive ketones (excluding diaryl/α,β-unsaturated/α-hetero) is 1. The van der Waals surface area contributed by atoms with Crippen molar-refractivity contribution in [1.82, 2.24) is 10.3 Å². The molecule has 1 saturated carbocycles. The van der Waals surface area contributed by atoms with Crippen molar-refractivity contribution in [3.63, 3.8) is 0 Å². The Morgan fingerprint density at radius 3 is 2.22 bits per heavy atom. The molecule has 0 unspecified atom stereocenters. The number of methoxy groups -OCH3 is 1. The number of H-pyrrole nitrogens is 1. The average molecular weight is 320 g/mol. The number of carbonyl (C=O) groups is 3. The minimum Gasteiger partial charge on any atom is -0.467 e. The predicted molar refractivity (Wildman–Crippen MR) is 85.6 cm³/mol. The molecule has 1 aliphatic carbocycles. The number of esters is 1. The van der Waals surface area contributed by atoms with Gasteiger partial charge in [0.2, 0.25) is 0 Å². The fraction of sp³-hybridized carbons (Fsp3) is 0.588. The molecule has 1 amide bonds. The molecule has 6 nitrogen and oxygen atoms in total. The van der Waals surface area contributed by atoms with E-state index in [1.807, 2.05) is 0 Å². The van der Waals surface area contributed by atoms with Crippen LogP contribution < -0.4 is 5.32 Å². The molecular weight excluding hydrogens is 296 g/mol. The minimum atomic E-state index is -0.966. The van der Waals surface area contributed by atoms with Gasteiger partial charge in [0.1, 0.15) is 11.2 Å². The second-order valence-corrected chi connectivity index (χ2v) is 6.27. The lowest BCUT2D eigenvalue weighted by Crippen LogP contribution is -2.56. The molecule has 1 fully saturated rings. The molecule has 0 spiro atoms. The van der Waals surface area contributed by atoms with Gasteiger partial charge in [-0.15, -0.1) is 0 Å². The quantitative estimate of drug-likeness (QED) is 0.659. The lowest BCUT2D eigenvalue weighted by Gasteiger charge is -2.35. The second-order valence-electron chi connectivity index (χ2n) is 6.27. The molecule has 1 heterocycles. The summed E-state index contributed by atoms with van der Waals surface area (Å²) in [7, 11) is 1.34. The van der Waals surface area contributed by atoms with Gasteiger partial charge >= 0.3 is 5.97 Å². The van der Waals surface area contributed by atoms with Crippen molar-refractivity contribution in [1.29, 1.82) is 0 Å². The number of aromatic amines is 1. The van der Waals surface area contributed by atoms with E-state index in [0.29, 0.717) is 35.4 Å². The van der Waals surface area contributed by atoms with Crippen LogP contribution in [0.4, 0.5) is 0 Å². The molecule has 0 aromatic carbocycles. The SMILES string of the molecule is COC(=O)C1(NC(=O)c2[nH]c(C)c(C(C)=O)c2C)CCCCC1. The van der Waals surface area contributed by atoms with Crippen LogP contribution in [0.15, 0.2) is 0 Å². The fourth-order valence-corrected chi connectivity index (χ4v) is 3.52. The highest BCUT2D eigenvalue weighted by Gasteiger charge is 2.42. The Morgan fingerprint density at radius 1 is 1.13 bits per heavy atom. The van der Waals surface area contributed by atoms with Crippen LogP contribution in [0, 0.1) is 13.8 Å². The molecule has 1 aromatic heterocycles.